The standard InChI is InChI=1S/C23H26N6O.HI/c24-22(27-16-18-7-5-14-29(17-18)23-25-12-6-13-26-23)28-19-8-4-11-21(15-19)30-20-9-2-1-3-10-20;/h1-4,6,8-13,15,18H,5,7,14,16-17H2,(H3,24,27,28);1H. The van der Waals surface area contributed by atoms with Crippen molar-refractivity contribution >= 4 is 41.6 Å². The minimum Gasteiger partial charge on any atom is -0.457 e. The lowest BCUT2D eigenvalue weighted by Gasteiger charge is -2.31. The van der Waals surface area contributed by atoms with Gasteiger partial charge >= 0.3 is 0 Å². The second-order valence-corrected chi connectivity index (χ2v) is 7.30. The van der Waals surface area contributed by atoms with Crippen molar-refractivity contribution in [3.63, 3.8) is 0 Å². The maximum Gasteiger partial charge on any atom is 0.225 e. The molecule has 2 heterocycles. The molecule has 4 rings (SSSR count). The van der Waals surface area contributed by atoms with E-state index in [4.69, 9.17) is 10.5 Å². The zero-order chi connectivity index (χ0) is 20.6. The van der Waals surface area contributed by atoms with Gasteiger partial charge in [-0.05, 0) is 49.1 Å². The molecule has 2 aromatic carbocycles. The van der Waals surface area contributed by atoms with Crippen LogP contribution >= 0.6 is 24.0 Å². The monoisotopic (exact) mass is 530 g/mol. The second kappa shape index (κ2) is 11.5. The summed E-state index contributed by atoms with van der Waals surface area (Å²) in [7, 11) is 0. The summed E-state index contributed by atoms with van der Waals surface area (Å²) >= 11 is 0. The molecule has 3 N–H and O–H groups in total. The second-order valence-electron chi connectivity index (χ2n) is 7.30. The van der Waals surface area contributed by atoms with Crippen LogP contribution in [0.5, 0.6) is 11.5 Å². The highest BCUT2D eigenvalue weighted by atomic mass is 127. The van der Waals surface area contributed by atoms with Gasteiger partial charge in [-0.2, -0.15) is 0 Å². The van der Waals surface area contributed by atoms with E-state index < -0.39 is 0 Å². The molecule has 1 aliphatic rings. The number of hydrogen-bond donors (Lipinski definition) is 2. The number of nitrogens with zero attached hydrogens (tertiary/aromatic N) is 4. The molecule has 0 aliphatic carbocycles. The van der Waals surface area contributed by atoms with E-state index in [-0.39, 0.29) is 24.0 Å². The molecule has 0 saturated carbocycles. The first-order valence-corrected chi connectivity index (χ1v) is 10.2. The molecule has 0 spiro atoms. The van der Waals surface area contributed by atoms with Crippen LogP contribution in [-0.2, 0) is 0 Å². The normalized spacial score (nSPS) is 16.3. The van der Waals surface area contributed by atoms with Crippen LogP contribution in [0.1, 0.15) is 12.8 Å². The third-order valence-electron chi connectivity index (χ3n) is 4.96. The Balaban J connectivity index is 0.00000272. The summed E-state index contributed by atoms with van der Waals surface area (Å²) < 4.78 is 5.87. The summed E-state index contributed by atoms with van der Waals surface area (Å²) in [5.74, 6) is 3.15. The summed E-state index contributed by atoms with van der Waals surface area (Å²) in [6.07, 6.45) is 5.79. The summed E-state index contributed by atoms with van der Waals surface area (Å²) in [6, 6.07) is 19.2. The Hall–Kier alpha value is -2.88. The number of ether oxygens (including phenoxy) is 1. The van der Waals surface area contributed by atoms with Gasteiger partial charge in [0.05, 0.1) is 0 Å². The Morgan fingerprint density at radius 3 is 2.65 bits per heavy atom. The van der Waals surface area contributed by atoms with E-state index in [1.54, 1.807) is 12.4 Å². The van der Waals surface area contributed by atoms with Crippen molar-refractivity contribution in [3.05, 3.63) is 73.1 Å². The lowest BCUT2D eigenvalue weighted by molar-refractivity contribution is 0.420. The fourth-order valence-electron chi connectivity index (χ4n) is 3.53. The van der Waals surface area contributed by atoms with Crippen LogP contribution in [0.4, 0.5) is 11.6 Å². The number of guanidine groups is 1. The molecule has 1 unspecified atom stereocenters. The number of anilines is 2. The van der Waals surface area contributed by atoms with Gasteiger partial charge in [0, 0.05) is 43.8 Å². The predicted octanol–water partition coefficient (Wildman–Crippen LogP) is 4.53. The Morgan fingerprint density at radius 2 is 1.84 bits per heavy atom. The number of aliphatic imine (C=N–C) groups is 1. The van der Waals surface area contributed by atoms with Gasteiger partial charge in [0.2, 0.25) is 5.95 Å². The highest BCUT2D eigenvalue weighted by Gasteiger charge is 2.21. The van der Waals surface area contributed by atoms with E-state index in [0.717, 1.165) is 49.1 Å². The van der Waals surface area contributed by atoms with Crippen molar-refractivity contribution in [2.75, 3.05) is 29.9 Å². The molecule has 1 aliphatic heterocycles. The molecular weight excluding hydrogens is 503 g/mol. The fourth-order valence-corrected chi connectivity index (χ4v) is 3.53. The largest absolute Gasteiger partial charge is 0.457 e. The van der Waals surface area contributed by atoms with E-state index >= 15 is 0 Å². The average molecular weight is 530 g/mol. The van der Waals surface area contributed by atoms with E-state index in [1.165, 1.54) is 0 Å². The number of halogens is 1. The number of nitrogens with one attached hydrogen (secondary N) is 1. The van der Waals surface area contributed by atoms with E-state index in [9.17, 15) is 0 Å². The number of benzene rings is 2. The molecule has 0 amide bonds. The van der Waals surface area contributed by atoms with Crippen molar-refractivity contribution in [2.24, 2.45) is 16.6 Å². The van der Waals surface area contributed by atoms with Crippen molar-refractivity contribution in [3.8, 4) is 11.5 Å². The smallest absolute Gasteiger partial charge is 0.225 e. The number of para-hydroxylation sites is 1. The summed E-state index contributed by atoms with van der Waals surface area (Å²) in [4.78, 5) is 15.5. The molecular formula is C23H27IN6O. The van der Waals surface area contributed by atoms with Gasteiger partial charge < -0.3 is 20.7 Å². The van der Waals surface area contributed by atoms with Crippen LogP contribution in [-0.4, -0.2) is 35.6 Å². The maximum absolute atomic E-state index is 6.13. The van der Waals surface area contributed by atoms with Crippen molar-refractivity contribution < 1.29 is 4.74 Å². The first kappa shape index (κ1) is 22.8. The van der Waals surface area contributed by atoms with Crippen LogP contribution in [0.25, 0.3) is 0 Å². The third kappa shape index (κ3) is 6.81. The fraction of sp³-hybridized carbons (Fsp3) is 0.261. The molecule has 1 fully saturated rings. The molecule has 31 heavy (non-hydrogen) atoms. The van der Waals surface area contributed by atoms with Crippen LogP contribution in [0.2, 0.25) is 0 Å². The Labute approximate surface area is 199 Å². The lowest BCUT2D eigenvalue weighted by Crippen LogP contribution is -2.38. The first-order chi connectivity index (χ1) is 14.8. The van der Waals surface area contributed by atoms with Crippen molar-refractivity contribution in [2.45, 2.75) is 12.8 Å². The van der Waals surface area contributed by atoms with Gasteiger partial charge in [-0.3, -0.25) is 4.99 Å². The maximum atomic E-state index is 6.13. The van der Waals surface area contributed by atoms with Gasteiger partial charge in [0.1, 0.15) is 11.5 Å². The molecule has 7 nitrogen and oxygen atoms in total. The lowest BCUT2D eigenvalue weighted by atomic mass is 9.98. The number of aromatic nitrogens is 2. The van der Waals surface area contributed by atoms with Gasteiger partial charge in [0.25, 0.3) is 0 Å². The predicted molar refractivity (Wildman–Crippen MR) is 135 cm³/mol. The molecule has 1 atom stereocenters. The number of piperidine rings is 1. The minimum atomic E-state index is 0. The van der Waals surface area contributed by atoms with Crippen molar-refractivity contribution in [1.29, 1.82) is 0 Å². The molecule has 3 aromatic rings. The van der Waals surface area contributed by atoms with Crippen LogP contribution < -0.4 is 20.7 Å². The van der Waals surface area contributed by atoms with Gasteiger partial charge in [-0.25, -0.2) is 9.97 Å². The number of rotatable bonds is 6. The molecule has 0 bridgehead atoms. The highest BCUT2D eigenvalue weighted by Crippen LogP contribution is 2.24. The third-order valence-corrected chi connectivity index (χ3v) is 4.96. The quantitative estimate of drug-likeness (QED) is 0.277. The Bertz CT molecular complexity index is 970. The molecule has 1 aromatic heterocycles. The zero-order valence-electron chi connectivity index (χ0n) is 17.2. The average Bonchev–Trinajstić information content (AvgIpc) is 2.79. The van der Waals surface area contributed by atoms with Crippen molar-refractivity contribution in [1.82, 2.24) is 9.97 Å². The first-order valence-electron chi connectivity index (χ1n) is 10.2. The molecule has 1 saturated heterocycles. The van der Waals surface area contributed by atoms with Crippen LogP contribution in [0, 0.1) is 5.92 Å². The van der Waals surface area contributed by atoms with Crippen LogP contribution in [0.15, 0.2) is 78.0 Å². The Kier molecular flexibility index (Phi) is 8.45. The minimum absolute atomic E-state index is 0. The molecule has 8 heteroatoms. The molecule has 162 valence electrons. The van der Waals surface area contributed by atoms with Gasteiger partial charge in [-0.15, -0.1) is 24.0 Å². The topological polar surface area (TPSA) is 88.7 Å². The SMILES string of the molecule is I.NC(=NCC1CCCN(c2ncccn2)C1)Nc1cccc(Oc2ccccc2)c1. The number of nitrogens with two attached hydrogens (primary N) is 1. The van der Waals surface area contributed by atoms with Gasteiger partial charge in [-0.1, -0.05) is 24.3 Å². The molecule has 0 radical (unpaired) electrons. The van der Waals surface area contributed by atoms with Crippen LogP contribution in [0.3, 0.4) is 0 Å². The number of hydrogen-bond acceptors (Lipinski definition) is 5. The van der Waals surface area contributed by atoms with E-state index in [1.807, 2.05) is 60.7 Å². The van der Waals surface area contributed by atoms with E-state index in [2.05, 4.69) is 25.2 Å². The summed E-state index contributed by atoms with van der Waals surface area (Å²) in [6.45, 7) is 2.54. The highest BCUT2D eigenvalue weighted by molar-refractivity contribution is 14.0. The Morgan fingerprint density at radius 1 is 1.06 bits per heavy atom. The summed E-state index contributed by atoms with van der Waals surface area (Å²) in [5.41, 5.74) is 6.97. The van der Waals surface area contributed by atoms with Gasteiger partial charge in [0.15, 0.2) is 5.96 Å². The zero-order valence-corrected chi connectivity index (χ0v) is 19.6. The summed E-state index contributed by atoms with van der Waals surface area (Å²) in [5, 5.41) is 3.16. The van der Waals surface area contributed by atoms with E-state index in [0.29, 0.717) is 18.4 Å².